The first-order valence-electron chi connectivity index (χ1n) is 6.02. The number of halogens is 2. The van der Waals surface area contributed by atoms with Crippen molar-refractivity contribution >= 4 is 15.9 Å². The summed E-state index contributed by atoms with van der Waals surface area (Å²) in [6.07, 6.45) is 2.22. The van der Waals surface area contributed by atoms with E-state index in [-0.39, 0.29) is 11.9 Å². The Hall–Kier alpha value is -0.610. The van der Waals surface area contributed by atoms with Gasteiger partial charge in [-0.05, 0) is 31.2 Å². The number of fused-ring (bicyclic) bond motifs is 1. The van der Waals surface area contributed by atoms with Gasteiger partial charge in [0.25, 0.3) is 0 Å². The van der Waals surface area contributed by atoms with Crippen molar-refractivity contribution in [1.82, 2.24) is 4.90 Å². The molecule has 2 unspecified atom stereocenters. The van der Waals surface area contributed by atoms with Crippen LogP contribution in [0.2, 0.25) is 0 Å². The first kappa shape index (κ1) is 11.5. The lowest BCUT2D eigenvalue weighted by atomic mass is 10.1. The molecule has 0 radical (unpaired) electrons. The summed E-state index contributed by atoms with van der Waals surface area (Å²) >= 11 is 3.63. The SMILES string of the molecule is Fc1ccc2c(c1)CC(CN1CCC(Br)C1)O2. The van der Waals surface area contributed by atoms with Crippen molar-refractivity contribution in [2.24, 2.45) is 0 Å². The van der Waals surface area contributed by atoms with Crippen LogP contribution >= 0.6 is 15.9 Å². The quantitative estimate of drug-likeness (QED) is 0.779. The molecule has 3 rings (SSSR count). The van der Waals surface area contributed by atoms with Gasteiger partial charge >= 0.3 is 0 Å². The van der Waals surface area contributed by atoms with Crippen molar-refractivity contribution < 1.29 is 9.13 Å². The second-order valence-corrected chi connectivity index (χ2v) is 6.14. The fourth-order valence-corrected chi connectivity index (χ4v) is 3.24. The number of rotatable bonds is 2. The lowest BCUT2D eigenvalue weighted by Gasteiger charge is -2.19. The van der Waals surface area contributed by atoms with Gasteiger partial charge in [0.2, 0.25) is 0 Å². The maximum Gasteiger partial charge on any atom is 0.123 e. The Bertz CT molecular complexity index is 426. The van der Waals surface area contributed by atoms with Crippen LogP contribution in [0.1, 0.15) is 12.0 Å². The first-order valence-corrected chi connectivity index (χ1v) is 6.94. The normalized spacial score (nSPS) is 28.1. The highest BCUT2D eigenvalue weighted by atomic mass is 79.9. The molecule has 1 aromatic carbocycles. The van der Waals surface area contributed by atoms with Gasteiger partial charge in [-0.15, -0.1) is 0 Å². The molecule has 4 heteroatoms. The van der Waals surface area contributed by atoms with Gasteiger partial charge in [-0.1, -0.05) is 15.9 Å². The molecule has 0 aliphatic carbocycles. The highest BCUT2D eigenvalue weighted by molar-refractivity contribution is 9.09. The number of hydrogen-bond donors (Lipinski definition) is 0. The van der Waals surface area contributed by atoms with Crippen molar-refractivity contribution in [3.63, 3.8) is 0 Å². The third-order valence-electron chi connectivity index (χ3n) is 3.44. The predicted molar refractivity (Wildman–Crippen MR) is 68.3 cm³/mol. The zero-order valence-electron chi connectivity index (χ0n) is 9.53. The van der Waals surface area contributed by atoms with Gasteiger partial charge in [0.05, 0.1) is 0 Å². The van der Waals surface area contributed by atoms with E-state index in [0.717, 1.165) is 37.4 Å². The Morgan fingerprint density at radius 3 is 3.12 bits per heavy atom. The van der Waals surface area contributed by atoms with Gasteiger partial charge in [-0.3, -0.25) is 4.90 Å². The van der Waals surface area contributed by atoms with Crippen molar-refractivity contribution in [2.75, 3.05) is 19.6 Å². The fourth-order valence-electron chi connectivity index (χ4n) is 2.63. The van der Waals surface area contributed by atoms with Crippen molar-refractivity contribution in [1.29, 1.82) is 0 Å². The summed E-state index contributed by atoms with van der Waals surface area (Å²) in [5, 5.41) is 0. The summed E-state index contributed by atoms with van der Waals surface area (Å²) in [6.45, 7) is 3.16. The van der Waals surface area contributed by atoms with Gasteiger partial charge in [-0.2, -0.15) is 0 Å². The van der Waals surface area contributed by atoms with Crippen LogP contribution in [0.3, 0.4) is 0 Å². The minimum Gasteiger partial charge on any atom is -0.488 e. The second-order valence-electron chi connectivity index (χ2n) is 4.84. The van der Waals surface area contributed by atoms with E-state index >= 15 is 0 Å². The molecule has 0 amide bonds. The maximum absolute atomic E-state index is 13.1. The molecular weight excluding hydrogens is 285 g/mol. The van der Waals surface area contributed by atoms with Crippen LogP contribution in [-0.4, -0.2) is 35.5 Å². The Labute approximate surface area is 109 Å². The largest absolute Gasteiger partial charge is 0.488 e. The molecule has 1 aromatic rings. The molecule has 0 aromatic heterocycles. The third kappa shape index (κ3) is 2.47. The Morgan fingerprint density at radius 1 is 1.47 bits per heavy atom. The molecule has 1 saturated heterocycles. The highest BCUT2D eigenvalue weighted by Gasteiger charge is 2.28. The minimum absolute atomic E-state index is 0.172. The van der Waals surface area contributed by atoms with Gasteiger partial charge in [0.1, 0.15) is 17.7 Å². The van der Waals surface area contributed by atoms with E-state index in [4.69, 9.17) is 4.74 Å². The average Bonchev–Trinajstić information content (AvgIpc) is 2.84. The summed E-state index contributed by atoms with van der Waals surface area (Å²) < 4.78 is 18.9. The minimum atomic E-state index is -0.172. The Balaban J connectivity index is 1.62. The summed E-state index contributed by atoms with van der Waals surface area (Å²) in [5.41, 5.74) is 1.00. The molecule has 92 valence electrons. The zero-order chi connectivity index (χ0) is 11.8. The van der Waals surface area contributed by atoms with Crippen LogP contribution in [0.5, 0.6) is 5.75 Å². The van der Waals surface area contributed by atoms with E-state index in [1.807, 2.05) is 0 Å². The van der Waals surface area contributed by atoms with Crippen molar-refractivity contribution in [3.05, 3.63) is 29.6 Å². The van der Waals surface area contributed by atoms with Gasteiger partial charge in [-0.25, -0.2) is 4.39 Å². The van der Waals surface area contributed by atoms with E-state index in [0.29, 0.717) is 4.83 Å². The number of benzene rings is 1. The molecule has 0 saturated carbocycles. The topological polar surface area (TPSA) is 12.5 Å². The lowest BCUT2D eigenvalue weighted by Crippen LogP contribution is -2.33. The Morgan fingerprint density at radius 2 is 2.35 bits per heavy atom. The summed E-state index contributed by atoms with van der Waals surface area (Å²) in [7, 11) is 0. The van der Waals surface area contributed by atoms with Crippen LogP contribution in [0.25, 0.3) is 0 Å². The van der Waals surface area contributed by atoms with Crippen LogP contribution in [-0.2, 0) is 6.42 Å². The monoisotopic (exact) mass is 299 g/mol. The van der Waals surface area contributed by atoms with Crippen LogP contribution in [0, 0.1) is 5.82 Å². The molecule has 17 heavy (non-hydrogen) atoms. The number of alkyl halides is 1. The van der Waals surface area contributed by atoms with Gasteiger partial charge in [0, 0.05) is 29.9 Å². The summed E-state index contributed by atoms with van der Waals surface area (Å²) in [4.78, 5) is 3.02. The molecule has 2 aliphatic rings. The lowest BCUT2D eigenvalue weighted by molar-refractivity contribution is 0.168. The van der Waals surface area contributed by atoms with Crippen molar-refractivity contribution in [2.45, 2.75) is 23.8 Å². The zero-order valence-corrected chi connectivity index (χ0v) is 11.1. The second kappa shape index (κ2) is 4.58. The van der Waals surface area contributed by atoms with Gasteiger partial charge in [0.15, 0.2) is 0 Å². The van der Waals surface area contributed by atoms with E-state index in [1.165, 1.54) is 12.5 Å². The average molecular weight is 300 g/mol. The number of ether oxygens (including phenoxy) is 1. The third-order valence-corrected chi connectivity index (χ3v) is 4.19. The van der Waals surface area contributed by atoms with Gasteiger partial charge < -0.3 is 4.74 Å². The fraction of sp³-hybridized carbons (Fsp3) is 0.538. The van der Waals surface area contributed by atoms with Crippen LogP contribution in [0.4, 0.5) is 4.39 Å². The van der Waals surface area contributed by atoms with E-state index < -0.39 is 0 Å². The van der Waals surface area contributed by atoms with Crippen molar-refractivity contribution in [3.8, 4) is 5.75 Å². The maximum atomic E-state index is 13.1. The molecular formula is C13H15BrFNO. The van der Waals surface area contributed by atoms with Crippen LogP contribution in [0.15, 0.2) is 18.2 Å². The molecule has 0 spiro atoms. The van der Waals surface area contributed by atoms with E-state index in [9.17, 15) is 4.39 Å². The molecule has 0 bridgehead atoms. The number of likely N-dealkylation sites (tertiary alicyclic amines) is 1. The molecule has 2 atom stereocenters. The summed E-state index contributed by atoms with van der Waals surface area (Å²) in [6, 6.07) is 4.79. The number of hydrogen-bond acceptors (Lipinski definition) is 2. The number of nitrogens with zero attached hydrogens (tertiary/aromatic N) is 1. The molecule has 0 N–H and O–H groups in total. The Kier molecular flexibility index (Phi) is 3.09. The molecule has 2 nitrogen and oxygen atoms in total. The molecule has 2 heterocycles. The van der Waals surface area contributed by atoms with E-state index in [2.05, 4.69) is 20.8 Å². The molecule has 2 aliphatic heterocycles. The molecule has 1 fully saturated rings. The highest BCUT2D eigenvalue weighted by Crippen LogP contribution is 2.30. The van der Waals surface area contributed by atoms with E-state index in [1.54, 1.807) is 12.1 Å². The smallest absolute Gasteiger partial charge is 0.123 e. The standard InChI is InChI=1S/C13H15BrFNO/c14-10-3-4-16(7-10)8-12-6-9-5-11(15)1-2-13(9)17-12/h1-2,5,10,12H,3-4,6-8H2. The predicted octanol–water partition coefficient (Wildman–Crippen LogP) is 2.60. The first-order chi connectivity index (χ1) is 8.20. The summed E-state index contributed by atoms with van der Waals surface area (Å²) in [5.74, 6) is 0.681. The van der Waals surface area contributed by atoms with Crippen LogP contribution < -0.4 is 4.74 Å².